The number of hydrogen-bond donors (Lipinski definition) is 1. The number of nitro benzene ring substituents is 1. The molecule has 1 aromatic rings. The van der Waals surface area contributed by atoms with Gasteiger partial charge in [-0.3, -0.25) is 14.9 Å². The van der Waals surface area contributed by atoms with Gasteiger partial charge in [0.15, 0.2) is 0 Å². The van der Waals surface area contributed by atoms with Gasteiger partial charge in [0.1, 0.15) is 17.1 Å². The predicted octanol–water partition coefficient (Wildman–Crippen LogP) is 2.69. The fourth-order valence-electron chi connectivity index (χ4n) is 2.41. The summed E-state index contributed by atoms with van der Waals surface area (Å²) in [4.78, 5) is 21.5. The van der Waals surface area contributed by atoms with Gasteiger partial charge in [-0.05, 0) is 26.8 Å². The minimum atomic E-state index is -0.865. The van der Waals surface area contributed by atoms with Crippen molar-refractivity contribution in [1.29, 1.82) is 0 Å². The molecule has 21 heavy (non-hydrogen) atoms. The Kier molecular flexibility index (Phi) is 4.08. The summed E-state index contributed by atoms with van der Waals surface area (Å²) in [7, 11) is 0. The maximum atomic E-state index is 11.3. The number of carbonyl (C=O) groups excluding carboxylic acids is 1. The van der Waals surface area contributed by atoms with Gasteiger partial charge < -0.3 is 9.84 Å². The summed E-state index contributed by atoms with van der Waals surface area (Å²) in [5.74, 6) is 0.0993. The number of aliphatic hydroxyl groups excluding tert-OH is 1. The van der Waals surface area contributed by atoms with Crippen LogP contribution in [0.3, 0.4) is 0 Å². The average Bonchev–Trinajstić information content (AvgIpc) is 2.35. The molecule has 0 saturated heterocycles. The van der Waals surface area contributed by atoms with Gasteiger partial charge in [-0.2, -0.15) is 0 Å². The van der Waals surface area contributed by atoms with Gasteiger partial charge >= 0.3 is 0 Å². The molecule has 0 amide bonds. The van der Waals surface area contributed by atoms with Crippen LogP contribution in [0.25, 0.3) is 0 Å². The molecule has 1 heterocycles. The van der Waals surface area contributed by atoms with Crippen molar-refractivity contribution in [1.82, 2.24) is 0 Å². The number of alkyl halides is 1. The quantitative estimate of drug-likeness (QED) is 0.510. The number of nitrogens with zero attached hydrogens (tertiary/aromatic N) is 1. The number of ether oxygens (including phenoxy) is 1. The molecule has 2 atom stereocenters. The van der Waals surface area contributed by atoms with E-state index in [4.69, 9.17) is 4.74 Å². The molecule has 7 heteroatoms. The first kappa shape index (κ1) is 15.9. The van der Waals surface area contributed by atoms with Gasteiger partial charge in [0.25, 0.3) is 5.69 Å². The first-order chi connectivity index (χ1) is 9.63. The van der Waals surface area contributed by atoms with Crippen molar-refractivity contribution in [2.75, 3.05) is 0 Å². The van der Waals surface area contributed by atoms with Gasteiger partial charge in [0, 0.05) is 17.5 Å². The summed E-state index contributed by atoms with van der Waals surface area (Å²) in [6.07, 6.45) is -0.914. The van der Waals surface area contributed by atoms with E-state index in [2.05, 4.69) is 15.9 Å². The average molecular weight is 358 g/mol. The number of hydrogen-bond acceptors (Lipinski definition) is 5. The van der Waals surface area contributed by atoms with Crippen LogP contribution in [0.15, 0.2) is 12.1 Å². The van der Waals surface area contributed by atoms with E-state index < -0.39 is 16.6 Å². The first-order valence-corrected chi connectivity index (χ1v) is 7.37. The molecule has 1 N–H and O–H groups in total. The smallest absolute Gasteiger partial charge is 0.276 e. The van der Waals surface area contributed by atoms with Gasteiger partial charge in [0.2, 0.25) is 0 Å². The molecule has 2 unspecified atom stereocenters. The summed E-state index contributed by atoms with van der Waals surface area (Å²) < 4.78 is 5.76. The van der Waals surface area contributed by atoms with E-state index in [9.17, 15) is 20.0 Å². The molecule has 1 aliphatic rings. The second-order valence-electron chi connectivity index (χ2n) is 5.71. The highest BCUT2D eigenvalue weighted by atomic mass is 79.9. The van der Waals surface area contributed by atoms with Gasteiger partial charge in [-0.25, -0.2) is 0 Å². The molecule has 1 aromatic carbocycles. The van der Waals surface area contributed by atoms with Gasteiger partial charge in [0.05, 0.1) is 21.9 Å². The highest BCUT2D eigenvalue weighted by Crippen LogP contribution is 2.45. The van der Waals surface area contributed by atoms with Crippen LogP contribution in [0.2, 0.25) is 0 Å². The summed E-state index contributed by atoms with van der Waals surface area (Å²) in [5, 5.41) is 21.5. The number of Topliss-reactive ketones (excluding diaryl/α,β-unsaturated/α-hetero) is 1. The van der Waals surface area contributed by atoms with E-state index in [0.717, 1.165) is 0 Å². The predicted molar refractivity (Wildman–Crippen MR) is 79.9 cm³/mol. The maximum absolute atomic E-state index is 11.3. The Bertz CT molecular complexity index is 614. The first-order valence-electron chi connectivity index (χ1n) is 6.45. The normalized spacial score (nSPS) is 23.1. The van der Waals surface area contributed by atoms with E-state index in [1.165, 1.54) is 19.1 Å². The summed E-state index contributed by atoms with van der Waals surface area (Å²) >= 11 is 3.39. The second-order valence-corrected chi connectivity index (χ2v) is 6.69. The molecule has 2 rings (SSSR count). The zero-order valence-corrected chi connectivity index (χ0v) is 13.5. The number of nitro groups is 1. The van der Waals surface area contributed by atoms with Crippen molar-refractivity contribution < 1.29 is 19.6 Å². The van der Waals surface area contributed by atoms with Crippen molar-refractivity contribution >= 4 is 27.4 Å². The lowest BCUT2D eigenvalue weighted by Crippen LogP contribution is -2.45. The van der Waals surface area contributed by atoms with Crippen molar-refractivity contribution in [2.45, 2.75) is 43.7 Å². The molecule has 0 bridgehead atoms. The Morgan fingerprint density at radius 3 is 2.67 bits per heavy atom. The van der Waals surface area contributed by atoms with E-state index in [-0.39, 0.29) is 34.0 Å². The number of rotatable bonds is 3. The van der Waals surface area contributed by atoms with E-state index in [0.29, 0.717) is 5.56 Å². The monoisotopic (exact) mass is 357 g/mol. The van der Waals surface area contributed by atoms with Crippen molar-refractivity contribution in [3.8, 4) is 5.75 Å². The van der Waals surface area contributed by atoms with E-state index in [1.54, 1.807) is 13.8 Å². The number of halogens is 1. The molecule has 0 aromatic heterocycles. The number of carbonyl (C=O) groups is 1. The molecule has 0 saturated carbocycles. The Hall–Kier alpha value is -1.47. The minimum Gasteiger partial charge on any atom is -0.486 e. The molecular formula is C14H16BrNO5. The lowest BCUT2D eigenvalue weighted by atomic mass is 9.89. The van der Waals surface area contributed by atoms with Crippen LogP contribution >= 0.6 is 15.9 Å². The molecule has 1 aliphatic heterocycles. The minimum absolute atomic E-state index is 0.0489. The largest absolute Gasteiger partial charge is 0.486 e. The lowest BCUT2D eigenvalue weighted by Gasteiger charge is -2.40. The standard InChI is InChI=1S/C14H16BrNO5/c1-7(17)4-8-5-9-11(6-10(8)16(19)20)21-14(2,3)13(15)12(9)18/h5-6,12-13,18H,4H2,1-3H3. The zero-order valence-electron chi connectivity index (χ0n) is 11.9. The van der Waals surface area contributed by atoms with Crippen LogP contribution in [0.1, 0.15) is 38.0 Å². The molecule has 6 nitrogen and oxygen atoms in total. The van der Waals surface area contributed by atoms with Crippen LogP contribution in [0.4, 0.5) is 5.69 Å². The Labute approximate surface area is 130 Å². The number of benzene rings is 1. The van der Waals surface area contributed by atoms with Crippen LogP contribution in [0.5, 0.6) is 5.75 Å². The third-order valence-electron chi connectivity index (χ3n) is 3.48. The summed E-state index contributed by atoms with van der Waals surface area (Å²) in [6, 6.07) is 2.78. The third-order valence-corrected chi connectivity index (χ3v) is 5.08. The zero-order chi connectivity index (χ0) is 15.9. The topological polar surface area (TPSA) is 89.7 Å². The number of aliphatic hydroxyl groups is 1. The van der Waals surface area contributed by atoms with Crippen molar-refractivity contribution in [3.05, 3.63) is 33.4 Å². The highest BCUT2D eigenvalue weighted by molar-refractivity contribution is 9.09. The molecule has 0 spiro atoms. The van der Waals surface area contributed by atoms with Crippen LogP contribution in [-0.4, -0.2) is 26.2 Å². The third kappa shape index (κ3) is 2.94. The fourth-order valence-corrected chi connectivity index (χ4v) is 2.79. The number of ketones is 1. The fraction of sp³-hybridized carbons (Fsp3) is 0.500. The Morgan fingerprint density at radius 2 is 2.14 bits per heavy atom. The van der Waals surface area contributed by atoms with Gasteiger partial charge in [-0.1, -0.05) is 15.9 Å². The SMILES string of the molecule is CC(=O)Cc1cc2c(cc1[N+](=O)[O-])OC(C)(C)C(Br)C2O. The van der Waals surface area contributed by atoms with Crippen LogP contribution in [0, 0.1) is 10.1 Å². The Morgan fingerprint density at radius 1 is 1.52 bits per heavy atom. The maximum Gasteiger partial charge on any atom is 0.276 e. The highest BCUT2D eigenvalue weighted by Gasteiger charge is 2.42. The summed E-state index contributed by atoms with van der Waals surface area (Å²) in [5.41, 5.74) is -0.131. The van der Waals surface area contributed by atoms with Crippen LogP contribution < -0.4 is 4.74 Å². The van der Waals surface area contributed by atoms with E-state index in [1.807, 2.05) is 0 Å². The molecule has 114 valence electrons. The second kappa shape index (κ2) is 5.38. The molecule has 0 aliphatic carbocycles. The summed E-state index contributed by atoms with van der Waals surface area (Å²) in [6.45, 7) is 4.94. The molecule has 0 fully saturated rings. The lowest BCUT2D eigenvalue weighted by molar-refractivity contribution is -0.385. The van der Waals surface area contributed by atoms with Gasteiger partial charge in [-0.15, -0.1) is 0 Å². The van der Waals surface area contributed by atoms with Crippen LogP contribution in [-0.2, 0) is 11.2 Å². The van der Waals surface area contributed by atoms with Crippen molar-refractivity contribution in [2.24, 2.45) is 0 Å². The number of fused-ring (bicyclic) bond motifs is 1. The molecule has 0 radical (unpaired) electrons. The Balaban J connectivity index is 2.59. The van der Waals surface area contributed by atoms with E-state index >= 15 is 0 Å². The van der Waals surface area contributed by atoms with Crippen molar-refractivity contribution in [3.63, 3.8) is 0 Å². The molecular weight excluding hydrogens is 342 g/mol.